The molecule has 26 heavy (non-hydrogen) atoms. The smallest absolute Gasteiger partial charge is 0.365 e. The number of para-hydroxylation sites is 1. The van der Waals surface area contributed by atoms with Crippen molar-refractivity contribution in [3.05, 3.63) is 60.3 Å². The molecular weight excluding hydrogens is 326 g/mol. The maximum atomic E-state index is 13.5. The molecule has 0 atom stereocenters. The second-order valence-electron chi connectivity index (χ2n) is 6.83. The van der Waals surface area contributed by atoms with Crippen molar-refractivity contribution in [2.75, 3.05) is 26.2 Å². The maximum Gasteiger partial charge on any atom is 0.365 e. The van der Waals surface area contributed by atoms with Gasteiger partial charge in [0.2, 0.25) is 0 Å². The minimum atomic E-state index is -0.00710. The number of hydrogen-bond acceptors (Lipinski definition) is 4. The highest BCUT2D eigenvalue weighted by molar-refractivity contribution is 6.01. The normalized spacial score (nSPS) is 16.0. The van der Waals surface area contributed by atoms with E-state index >= 15 is 0 Å². The lowest BCUT2D eigenvalue weighted by Crippen LogP contribution is -2.52. The summed E-state index contributed by atoms with van der Waals surface area (Å²) in [5.41, 5.74) is 2.12. The molecule has 5 heteroatoms. The molecular formula is C21H22N3O2+. The summed E-state index contributed by atoms with van der Waals surface area (Å²) in [6.07, 6.45) is 2.00. The third kappa shape index (κ3) is 2.89. The maximum absolute atomic E-state index is 13.5. The molecule has 1 N–H and O–H groups in total. The summed E-state index contributed by atoms with van der Waals surface area (Å²) >= 11 is 0. The Morgan fingerprint density at radius 2 is 1.65 bits per heavy atom. The number of fused-ring (bicyclic) bond motifs is 1. The summed E-state index contributed by atoms with van der Waals surface area (Å²) in [6.45, 7) is 1.97. The van der Waals surface area contributed by atoms with Crippen molar-refractivity contribution < 1.29 is 14.4 Å². The van der Waals surface area contributed by atoms with E-state index in [1.165, 1.54) is 0 Å². The molecule has 3 aromatic rings. The highest BCUT2D eigenvalue weighted by Gasteiger charge is 2.41. The summed E-state index contributed by atoms with van der Waals surface area (Å²) in [5.74, 6) is 0.557. The quantitative estimate of drug-likeness (QED) is 0.736. The molecule has 4 rings (SSSR count). The van der Waals surface area contributed by atoms with Gasteiger partial charge in [-0.2, -0.15) is 0 Å². The first-order chi connectivity index (χ1) is 12.7. The topological polar surface area (TPSA) is 63.1 Å². The SMILES string of the molecule is O=C(c1nc(-c2ccccc2)nc2ccccc12)[N+]1(CCO)CCCC1. The average Bonchev–Trinajstić information content (AvgIpc) is 3.17. The van der Waals surface area contributed by atoms with Crippen LogP contribution in [0, 0.1) is 0 Å². The Morgan fingerprint density at radius 3 is 2.38 bits per heavy atom. The van der Waals surface area contributed by atoms with Gasteiger partial charge in [0.15, 0.2) is 11.5 Å². The van der Waals surface area contributed by atoms with Crippen LogP contribution < -0.4 is 0 Å². The zero-order chi connectivity index (χ0) is 18.0. The average molecular weight is 348 g/mol. The molecule has 1 aliphatic rings. The van der Waals surface area contributed by atoms with Crippen molar-refractivity contribution in [3.8, 4) is 11.4 Å². The first kappa shape index (κ1) is 16.8. The largest absolute Gasteiger partial charge is 0.390 e. The third-order valence-corrected chi connectivity index (χ3v) is 5.22. The second-order valence-corrected chi connectivity index (χ2v) is 6.83. The lowest BCUT2D eigenvalue weighted by Gasteiger charge is -2.30. The van der Waals surface area contributed by atoms with Crippen LogP contribution in [0.3, 0.4) is 0 Å². The highest BCUT2D eigenvalue weighted by atomic mass is 16.3. The van der Waals surface area contributed by atoms with Gasteiger partial charge >= 0.3 is 5.91 Å². The summed E-state index contributed by atoms with van der Waals surface area (Å²) in [6, 6.07) is 17.4. The molecule has 1 aliphatic heterocycles. The number of quaternary nitrogens is 1. The number of rotatable bonds is 4. The van der Waals surface area contributed by atoms with Crippen LogP contribution in [-0.2, 0) is 0 Å². The third-order valence-electron chi connectivity index (χ3n) is 5.22. The highest BCUT2D eigenvalue weighted by Crippen LogP contribution is 2.27. The number of nitrogens with zero attached hydrogens (tertiary/aromatic N) is 3. The Labute approximate surface area is 152 Å². The molecule has 0 saturated carbocycles. The van der Waals surface area contributed by atoms with Crippen molar-refractivity contribution in [2.45, 2.75) is 12.8 Å². The summed E-state index contributed by atoms with van der Waals surface area (Å²) in [7, 11) is 0. The molecule has 1 amide bonds. The van der Waals surface area contributed by atoms with Crippen molar-refractivity contribution in [3.63, 3.8) is 0 Å². The fourth-order valence-corrected chi connectivity index (χ4v) is 3.84. The number of aliphatic hydroxyl groups excluding tert-OH is 1. The van der Waals surface area contributed by atoms with Gasteiger partial charge in [-0.15, -0.1) is 0 Å². The van der Waals surface area contributed by atoms with Gasteiger partial charge in [-0.1, -0.05) is 48.5 Å². The van der Waals surface area contributed by atoms with Gasteiger partial charge in [0.05, 0.1) is 25.2 Å². The number of aliphatic hydroxyl groups is 1. The van der Waals surface area contributed by atoms with Crippen LogP contribution in [0.1, 0.15) is 23.3 Å². The number of carbonyl (C=O) groups excluding carboxylic acids is 1. The molecule has 0 unspecified atom stereocenters. The van der Waals surface area contributed by atoms with E-state index in [1.807, 2.05) is 54.6 Å². The fourth-order valence-electron chi connectivity index (χ4n) is 3.84. The van der Waals surface area contributed by atoms with E-state index in [4.69, 9.17) is 0 Å². The van der Waals surface area contributed by atoms with Crippen LogP contribution in [0.5, 0.6) is 0 Å². The van der Waals surface area contributed by atoms with Gasteiger partial charge in [0.1, 0.15) is 6.54 Å². The molecule has 0 radical (unpaired) electrons. The Morgan fingerprint density at radius 1 is 0.962 bits per heavy atom. The summed E-state index contributed by atoms with van der Waals surface area (Å²) in [5, 5.41) is 10.3. The predicted octanol–water partition coefficient (Wildman–Crippen LogP) is 3.04. The molecule has 0 aliphatic carbocycles. The Kier molecular flexibility index (Phi) is 4.49. The van der Waals surface area contributed by atoms with Crippen molar-refractivity contribution >= 4 is 16.8 Å². The van der Waals surface area contributed by atoms with Gasteiger partial charge in [-0.05, 0) is 6.07 Å². The first-order valence-electron chi connectivity index (χ1n) is 9.08. The monoisotopic (exact) mass is 348 g/mol. The minimum absolute atomic E-state index is 0.000296. The van der Waals surface area contributed by atoms with Crippen LogP contribution in [0.15, 0.2) is 54.6 Å². The van der Waals surface area contributed by atoms with Crippen LogP contribution >= 0.6 is 0 Å². The second kappa shape index (κ2) is 6.94. The van der Waals surface area contributed by atoms with E-state index in [9.17, 15) is 9.90 Å². The van der Waals surface area contributed by atoms with Crippen molar-refractivity contribution in [1.82, 2.24) is 9.97 Å². The minimum Gasteiger partial charge on any atom is -0.390 e. The fraction of sp³-hybridized carbons (Fsp3) is 0.286. The summed E-state index contributed by atoms with van der Waals surface area (Å²) < 4.78 is 0.283. The van der Waals surface area contributed by atoms with E-state index in [1.54, 1.807) is 0 Å². The van der Waals surface area contributed by atoms with E-state index in [2.05, 4.69) is 9.97 Å². The van der Waals surface area contributed by atoms with Crippen LogP contribution in [-0.4, -0.2) is 51.7 Å². The number of benzene rings is 2. The van der Waals surface area contributed by atoms with Gasteiger partial charge in [0.25, 0.3) is 0 Å². The molecule has 2 heterocycles. The number of likely N-dealkylation sites (tertiary alicyclic amines) is 1. The molecule has 5 nitrogen and oxygen atoms in total. The molecule has 0 bridgehead atoms. The standard InChI is InChI=1S/C21H22N3O2/c25-15-14-24(12-6-7-13-24)21(26)19-17-10-4-5-11-18(17)22-20(23-19)16-8-2-1-3-9-16/h1-5,8-11,25H,6-7,12-15H2/q+1. The van der Waals surface area contributed by atoms with Crippen LogP contribution in [0.25, 0.3) is 22.3 Å². The Balaban J connectivity index is 1.89. The van der Waals surface area contributed by atoms with Crippen molar-refractivity contribution in [1.29, 1.82) is 0 Å². The number of carbonyl (C=O) groups is 1. The molecule has 2 aromatic carbocycles. The van der Waals surface area contributed by atoms with Gasteiger partial charge in [-0.25, -0.2) is 14.8 Å². The molecule has 1 saturated heterocycles. The molecule has 0 spiro atoms. The van der Waals surface area contributed by atoms with Crippen LogP contribution in [0.2, 0.25) is 0 Å². The lowest BCUT2D eigenvalue weighted by molar-refractivity contribution is -0.836. The van der Waals surface area contributed by atoms with E-state index < -0.39 is 0 Å². The van der Waals surface area contributed by atoms with Crippen LogP contribution in [0.4, 0.5) is 0 Å². The Bertz CT molecular complexity index is 934. The summed E-state index contributed by atoms with van der Waals surface area (Å²) in [4.78, 5) is 22.9. The molecule has 1 aromatic heterocycles. The number of amides is 1. The van der Waals surface area contributed by atoms with Crippen molar-refractivity contribution in [2.24, 2.45) is 0 Å². The van der Waals surface area contributed by atoms with E-state index in [0.29, 0.717) is 18.1 Å². The molecule has 132 valence electrons. The van der Waals surface area contributed by atoms with E-state index in [0.717, 1.165) is 42.4 Å². The van der Waals surface area contributed by atoms with Gasteiger partial charge in [-0.3, -0.25) is 4.48 Å². The Hall–Kier alpha value is -2.63. The number of hydrogen-bond donors (Lipinski definition) is 1. The zero-order valence-corrected chi connectivity index (χ0v) is 14.6. The number of aromatic nitrogens is 2. The molecule has 1 fully saturated rings. The first-order valence-corrected chi connectivity index (χ1v) is 9.08. The predicted molar refractivity (Wildman–Crippen MR) is 100 cm³/mol. The zero-order valence-electron chi connectivity index (χ0n) is 14.6. The van der Waals surface area contributed by atoms with Gasteiger partial charge < -0.3 is 5.11 Å². The lowest BCUT2D eigenvalue weighted by atomic mass is 10.1. The van der Waals surface area contributed by atoms with Gasteiger partial charge in [0, 0.05) is 23.8 Å². The van der Waals surface area contributed by atoms with E-state index in [-0.39, 0.29) is 17.0 Å².